The summed E-state index contributed by atoms with van der Waals surface area (Å²) in [7, 11) is 0. The molecule has 0 spiro atoms. The van der Waals surface area contributed by atoms with Crippen molar-refractivity contribution in [3.8, 4) is 0 Å². The van der Waals surface area contributed by atoms with Gasteiger partial charge in [0.15, 0.2) is 0 Å². The molecule has 1 saturated carbocycles. The fourth-order valence-electron chi connectivity index (χ4n) is 3.60. The molecule has 0 aliphatic heterocycles. The largest absolute Gasteiger partial charge is 0.390 e. The van der Waals surface area contributed by atoms with E-state index in [1.54, 1.807) is 5.57 Å². The summed E-state index contributed by atoms with van der Waals surface area (Å²) in [6, 6.07) is 0. The quantitative estimate of drug-likeness (QED) is 0.667. The Morgan fingerprint density at radius 1 is 1.44 bits per heavy atom. The Kier molecular flexibility index (Phi) is 2.94. The van der Waals surface area contributed by atoms with E-state index >= 15 is 0 Å². The van der Waals surface area contributed by atoms with Crippen LogP contribution in [0.2, 0.25) is 0 Å². The summed E-state index contributed by atoms with van der Waals surface area (Å²) in [5.74, 6) is 1.21. The third kappa shape index (κ3) is 1.95. The predicted molar refractivity (Wildman–Crippen MR) is 68.2 cm³/mol. The lowest BCUT2D eigenvalue weighted by Crippen LogP contribution is -2.42. The Hall–Kier alpha value is -0.300. The molecular formula is C15H26O. The molecule has 2 aliphatic carbocycles. The lowest BCUT2D eigenvalue weighted by molar-refractivity contribution is -0.0154. The third-order valence-corrected chi connectivity index (χ3v) is 5.22. The molecule has 2 aliphatic rings. The van der Waals surface area contributed by atoms with Crippen LogP contribution in [0.4, 0.5) is 0 Å². The molecule has 1 fully saturated rings. The molecule has 1 heteroatoms. The minimum Gasteiger partial charge on any atom is -0.390 e. The first kappa shape index (κ1) is 12.2. The first-order chi connectivity index (χ1) is 7.34. The maximum atomic E-state index is 10.2. The van der Waals surface area contributed by atoms with Gasteiger partial charge in [0.25, 0.3) is 0 Å². The van der Waals surface area contributed by atoms with Crippen molar-refractivity contribution < 1.29 is 5.11 Å². The Balaban J connectivity index is 2.25. The van der Waals surface area contributed by atoms with Crippen LogP contribution in [0.3, 0.4) is 0 Å². The number of rotatable bonds is 1. The zero-order valence-corrected chi connectivity index (χ0v) is 11.2. The van der Waals surface area contributed by atoms with Gasteiger partial charge in [0.2, 0.25) is 0 Å². The van der Waals surface area contributed by atoms with Crippen LogP contribution in [0.15, 0.2) is 11.6 Å². The summed E-state index contributed by atoms with van der Waals surface area (Å²) in [5, 5.41) is 10.2. The number of aliphatic hydroxyl groups is 1. The molecule has 0 aromatic heterocycles. The van der Waals surface area contributed by atoms with Gasteiger partial charge < -0.3 is 5.11 Å². The second kappa shape index (κ2) is 3.87. The van der Waals surface area contributed by atoms with E-state index in [1.807, 2.05) is 13.8 Å². The lowest BCUT2D eigenvalue weighted by Gasteiger charge is -2.49. The van der Waals surface area contributed by atoms with E-state index < -0.39 is 5.60 Å². The highest BCUT2D eigenvalue weighted by molar-refractivity contribution is 5.21. The monoisotopic (exact) mass is 222 g/mol. The Bertz CT molecular complexity index is 297. The highest BCUT2D eigenvalue weighted by Gasteiger charge is 2.44. The van der Waals surface area contributed by atoms with E-state index in [9.17, 15) is 5.11 Å². The van der Waals surface area contributed by atoms with Crippen molar-refractivity contribution in [2.24, 2.45) is 17.3 Å². The number of allylic oxidation sites excluding steroid dienone is 2. The Morgan fingerprint density at radius 2 is 2.12 bits per heavy atom. The summed E-state index contributed by atoms with van der Waals surface area (Å²) in [6.45, 7) is 8.74. The second-order valence-corrected chi connectivity index (χ2v) is 6.73. The van der Waals surface area contributed by atoms with Gasteiger partial charge in [-0.2, -0.15) is 0 Å². The van der Waals surface area contributed by atoms with Gasteiger partial charge in [-0.3, -0.25) is 0 Å². The van der Waals surface area contributed by atoms with Crippen LogP contribution in [-0.4, -0.2) is 10.7 Å². The molecule has 92 valence electrons. The average Bonchev–Trinajstić information content (AvgIpc) is 2.17. The number of fused-ring (bicyclic) bond motifs is 1. The minimum absolute atomic E-state index is 0.362. The Labute approximate surface area is 99.9 Å². The van der Waals surface area contributed by atoms with Crippen LogP contribution >= 0.6 is 0 Å². The van der Waals surface area contributed by atoms with Crippen LogP contribution < -0.4 is 0 Å². The molecule has 3 atom stereocenters. The lowest BCUT2D eigenvalue weighted by atomic mass is 9.57. The maximum Gasteiger partial charge on any atom is 0.0623 e. The molecule has 1 N–H and O–H groups in total. The second-order valence-electron chi connectivity index (χ2n) is 6.73. The van der Waals surface area contributed by atoms with Crippen molar-refractivity contribution in [1.29, 1.82) is 0 Å². The van der Waals surface area contributed by atoms with Gasteiger partial charge in [0.05, 0.1) is 5.60 Å². The molecule has 2 rings (SSSR count). The van der Waals surface area contributed by atoms with E-state index in [0.29, 0.717) is 11.3 Å². The van der Waals surface area contributed by atoms with E-state index in [2.05, 4.69) is 19.9 Å². The maximum absolute atomic E-state index is 10.2. The van der Waals surface area contributed by atoms with Crippen LogP contribution in [0.1, 0.15) is 59.8 Å². The van der Waals surface area contributed by atoms with Gasteiger partial charge in [-0.1, -0.05) is 25.5 Å². The number of hydrogen-bond acceptors (Lipinski definition) is 1. The van der Waals surface area contributed by atoms with Crippen molar-refractivity contribution in [3.05, 3.63) is 11.6 Å². The first-order valence-electron chi connectivity index (χ1n) is 6.76. The molecule has 16 heavy (non-hydrogen) atoms. The molecule has 0 amide bonds. The zero-order valence-electron chi connectivity index (χ0n) is 11.2. The van der Waals surface area contributed by atoms with Crippen molar-refractivity contribution in [1.82, 2.24) is 0 Å². The molecule has 0 unspecified atom stereocenters. The van der Waals surface area contributed by atoms with Crippen molar-refractivity contribution in [3.63, 3.8) is 0 Å². The highest BCUT2D eigenvalue weighted by Crippen LogP contribution is 2.53. The smallest absolute Gasteiger partial charge is 0.0623 e. The third-order valence-electron chi connectivity index (χ3n) is 5.22. The number of hydrogen-bond donors (Lipinski definition) is 1. The summed E-state index contributed by atoms with van der Waals surface area (Å²) in [4.78, 5) is 0. The highest BCUT2D eigenvalue weighted by atomic mass is 16.3. The minimum atomic E-state index is -0.526. The molecule has 0 saturated heterocycles. The normalized spacial score (nSPS) is 40.2. The van der Waals surface area contributed by atoms with E-state index in [0.717, 1.165) is 12.3 Å². The average molecular weight is 222 g/mol. The summed E-state index contributed by atoms with van der Waals surface area (Å²) < 4.78 is 0. The fourth-order valence-corrected chi connectivity index (χ4v) is 3.60. The summed E-state index contributed by atoms with van der Waals surface area (Å²) in [6.07, 6.45) is 8.67. The van der Waals surface area contributed by atoms with Gasteiger partial charge in [-0.15, -0.1) is 0 Å². The van der Waals surface area contributed by atoms with Gasteiger partial charge >= 0.3 is 0 Å². The molecule has 0 heterocycles. The van der Waals surface area contributed by atoms with Gasteiger partial charge in [-0.25, -0.2) is 0 Å². The van der Waals surface area contributed by atoms with Crippen molar-refractivity contribution >= 4 is 0 Å². The summed E-state index contributed by atoms with van der Waals surface area (Å²) >= 11 is 0. The van der Waals surface area contributed by atoms with Crippen LogP contribution in [0, 0.1) is 17.3 Å². The van der Waals surface area contributed by atoms with Crippen molar-refractivity contribution in [2.45, 2.75) is 65.4 Å². The zero-order chi connectivity index (χ0) is 12.0. The topological polar surface area (TPSA) is 20.2 Å². The molecular weight excluding hydrogens is 196 g/mol. The van der Waals surface area contributed by atoms with Gasteiger partial charge in [-0.05, 0) is 63.2 Å². The molecule has 0 radical (unpaired) electrons. The van der Waals surface area contributed by atoms with E-state index in [4.69, 9.17) is 0 Å². The van der Waals surface area contributed by atoms with Crippen LogP contribution in [-0.2, 0) is 0 Å². The van der Waals surface area contributed by atoms with Crippen LogP contribution in [0.25, 0.3) is 0 Å². The van der Waals surface area contributed by atoms with Gasteiger partial charge in [0.1, 0.15) is 0 Å². The van der Waals surface area contributed by atoms with Crippen molar-refractivity contribution in [2.75, 3.05) is 0 Å². The summed E-state index contributed by atoms with van der Waals surface area (Å²) in [5.41, 5.74) is 1.51. The standard InChI is InChI=1S/C15H26O/c1-11-6-5-7-12-8-9-13(14(2,3)16)10-15(11,12)4/h8,11,13,16H,5-7,9-10H2,1-4H3/t11-,13-,15-/m0/s1. The predicted octanol–water partition coefficient (Wildman–Crippen LogP) is 3.92. The van der Waals surface area contributed by atoms with Crippen LogP contribution in [0.5, 0.6) is 0 Å². The Morgan fingerprint density at radius 3 is 2.75 bits per heavy atom. The SMILES string of the molecule is C[C@H]1CCCC2=CC[C@H](C(C)(C)O)C[C@]21C. The molecule has 0 aromatic rings. The molecule has 1 nitrogen and oxygen atoms in total. The fraction of sp³-hybridized carbons (Fsp3) is 0.867. The molecule has 0 aromatic carbocycles. The molecule has 0 bridgehead atoms. The van der Waals surface area contributed by atoms with E-state index in [1.165, 1.54) is 25.7 Å². The first-order valence-corrected chi connectivity index (χ1v) is 6.76. The van der Waals surface area contributed by atoms with E-state index in [-0.39, 0.29) is 0 Å². The van der Waals surface area contributed by atoms with Gasteiger partial charge in [0, 0.05) is 0 Å².